The summed E-state index contributed by atoms with van der Waals surface area (Å²) >= 11 is 0. The Morgan fingerprint density at radius 2 is 1.88 bits per heavy atom. The number of hydrogen-bond donors (Lipinski definition) is 1. The molecule has 4 rings (SSSR count). The Hall–Kier alpha value is -2.54. The largest absolute Gasteiger partial charge is 0.454 e. The molecule has 0 spiro atoms. The van der Waals surface area contributed by atoms with E-state index in [0.29, 0.717) is 6.79 Å². The lowest BCUT2D eigenvalue weighted by atomic mass is 10.1. The van der Waals surface area contributed by atoms with Gasteiger partial charge in [-0.3, -0.25) is 4.90 Å². The molecule has 138 valence electrons. The van der Waals surface area contributed by atoms with Crippen LogP contribution in [-0.2, 0) is 6.54 Å². The topological polar surface area (TPSA) is 62.8 Å². The number of rotatable bonds is 6. The van der Waals surface area contributed by atoms with Crippen LogP contribution >= 0.6 is 0 Å². The highest BCUT2D eigenvalue weighted by Gasteiger charge is 2.20. The zero-order chi connectivity index (χ0) is 17.8. The maximum atomic E-state index is 5.47. The number of nitrogens with zero attached hydrogens (tertiary/aromatic N) is 4. The molecule has 1 saturated heterocycles. The van der Waals surface area contributed by atoms with Gasteiger partial charge in [0.15, 0.2) is 11.5 Å². The fourth-order valence-electron chi connectivity index (χ4n) is 3.30. The fraction of sp³-hybridized carbons (Fsp3) is 0.474. The molecule has 2 aromatic rings. The van der Waals surface area contributed by atoms with Gasteiger partial charge in [-0.1, -0.05) is 13.0 Å². The number of ether oxygens (including phenoxy) is 2. The minimum absolute atomic E-state index is 0.325. The van der Waals surface area contributed by atoms with Crippen LogP contribution in [0, 0.1) is 0 Å². The Kier molecular flexibility index (Phi) is 5.06. The van der Waals surface area contributed by atoms with Crippen molar-refractivity contribution in [1.29, 1.82) is 0 Å². The van der Waals surface area contributed by atoms with Gasteiger partial charge in [-0.2, -0.15) is 0 Å². The first-order chi connectivity index (χ1) is 12.8. The molecule has 0 unspecified atom stereocenters. The van der Waals surface area contributed by atoms with Crippen LogP contribution in [0.3, 0.4) is 0 Å². The van der Waals surface area contributed by atoms with E-state index in [1.165, 1.54) is 5.56 Å². The van der Waals surface area contributed by atoms with Crippen LogP contribution in [0.5, 0.6) is 11.5 Å². The summed E-state index contributed by atoms with van der Waals surface area (Å²) in [7, 11) is 0. The maximum Gasteiger partial charge on any atom is 0.231 e. The third-order valence-electron chi connectivity index (χ3n) is 4.75. The summed E-state index contributed by atoms with van der Waals surface area (Å²) in [5.74, 6) is 3.60. The van der Waals surface area contributed by atoms with E-state index in [-0.39, 0.29) is 0 Å². The summed E-state index contributed by atoms with van der Waals surface area (Å²) in [6.45, 7) is 8.28. The average molecular weight is 355 g/mol. The maximum absolute atomic E-state index is 5.47. The molecule has 2 aliphatic heterocycles. The second-order valence-corrected chi connectivity index (χ2v) is 6.64. The first-order valence-corrected chi connectivity index (χ1v) is 9.23. The van der Waals surface area contributed by atoms with Crippen LogP contribution < -0.4 is 19.7 Å². The van der Waals surface area contributed by atoms with Crippen LogP contribution in [0.1, 0.15) is 18.9 Å². The molecular weight excluding hydrogens is 330 g/mol. The van der Waals surface area contributed by atoms with Crippen LogP contribution in [0.15, 0.2) is 30.6 Å². The Bertz CT molecular complexity index is 746. The number of piperazine rings is 1. The second-order valence-electron chi connectivity index (χ2n) is 6.64. The van der Waals surface area contributed by atoms with Crippen LogP contribution in [0.25, 0.3) is 0 Å². The number of nitrogens with one attached hydrogen (secondary N) is 1. The van der Waals surface area contributed by atoms with Gasteiger partial charge in [0.1, 0.15) is 18.0 Å². The molecule has 0 aliphatic carbocycles. The molecule has 0 amide bonds. The van der Waals surface area contributed by atoms with Crippen LogP contribution in [-0.4, -0.2) is 54.4 Å². The highest BCUT2D eigenvalue weighted by Crippen LogP contribution is 2.32. The van der Waals surface area contributed by atoms with Gasteiger partial charge in [0.2, 0.25) is 6.79 Å². The molecule has 26 heavy (non-hydrogen) atoms. The highest BCUT2D eigenvalue weighted by molar-refractivity contribution is 5.49. The van der Waals surface area contributed by atoms with Crippen molar-refractivity contribution in [2.24, 2.45) is 0 Å². The summed E-state index contributed by atoms with van der Waals surface area (Å²) in [6.07, 6.45) is 2.73. The summed E-state index contributed by atoms with van der Waals surface area (Å²) in [6, 6.07) is 8.25. The van der Waals surface area contributed by atoms with E-state index < -0.39 is 0 Å². The van der Waals surface area contributed by atoms with E-state index in [4.69, 9.17) is 9.47 Å². The monoisotopic (exact) mass is 355 g/mol. The Balaban J connectivity index is 1.32. The summed E-state index contributed by atoms with van der Waals surface area (Å²) in [5, 5.41) is 3.33. The van der Waals surface area contributed by atoms with Gasteiger partial charge in [0.25, 0.3) is 0 Å². The van der Waals surface area contributed by atoms with Crippen molar-refractivity contribution in [1.82, 2.24) is 14.9 Å². The smallest absolute Gasteiger partial charge is 0.231 e. The molecule has 0 radical (unpaired) electrons. The molecule has 1 aromatic heterocycles. The van der Waals surface area contributed by atoms with Crippen LogP contribution in [0.2, 0.25) is 0 Å². The molecule has 2 aliphatic rings. The van der Waals surface area contributed by atoms with Gasteiger partial charge in [-0.05, 0) is 24.1 Å². The lowest BCUT2D eigenvalue weighted by Gasteiger charge is -2.35. The quantitative estimate of drug-likeness (QED) is 0.853. The predicted octanol–water partition coefficient (Wildman–Crippen LogP) is 2.35. The lowest BCUT2D eigenvalue weighted by Crippen LogP contribution is -2.46. The van der Waals surface area contributed by atoms with E-state index in [1.54, 1.807) is 6.33 Å². The Morgan fingerprint density at radius 1 is 1.04 bits per heavy atom. The van der Waals surface area contributed by atoms with Crippen molar-refractivity contribution in [3.05, 3.63) is 36.2 Å². The highest BCUT2D eigenvalue weighted by atomic mass is 16.7. The molecule has 0 bridgehead atoms. The third kappa shape index (κ3) is 3.83. The second kappa shape index (κ2) is 7.78. The minimum atomic E-state index is 0.325. The van der Waals surface area contributed by atoms with Crippen molar-refractivity contribution in [2.75, 3.05) is 49.7 Å². The summed E-state index contributed by atoms with van der Waals surface area (Å²) < 4.78 is 10.9. The van der Waals surface area contributed by atoms with Crippen LogP contribution in [0.4, 0.5) is 11.6 Å². The predicted molar refractivity (Wildman–Crippen MR) is 101 cm³/mol. The third-order valence-corrected chi connectivity index (χ3v) is 4.75. The van der Waals surface area contributed by atoms with E-state index in [1.807, 2.05) is 12.1 Å². The van der Waals surface area contributed by atoms with E-state index in [0.717, 1.165) is 68.8 Å². The standard InChI is InChI=1S/C19H25N5O2/c1-2-5-20-18-11-19(22-13-21-18)24-8-6-23(7-9-24)12-15-3-4-16-17(10-15)26-14-25-16/h3-4,10-11,13H,2,5-9,12,14H2,1H3,(H,20,21,22). The first-order valence-electron chi connectivity index (χ1n) is 9.23. The number of fused-ring (bicyclic) bond motifs is 1. The van der Waals surface area contributed by atoms with Gasteiger partial charge < -0.3 is 19.7 Å². The van der Waals surface area contributed by atoms with Crippen molar-refractivity contribution < 1.29 is 9.47 Å². The van der Waals surface area contributed by atoms with E-state index in [2.05, 4.69) is 44.1 Å². The van der Waals surface area contributed by atoms with Gasteiger partial charge in [0, 0.05) is 45.3 Å². The molecule has 0 saturated carbocycles. The Labute approximate surface area is 153 Å². The SMILES string of the molecule is CCCNc1cc(N2CCN(Cc3ccc4c(c3)OCO4)CC2)ncn1. The molecular formula is C19H25N5O2. The molecule has 7 heteroatoms. The molecule has 1 N–H and O–H groups in total. The van der Waals surface area contributed by atoms with Gasteiger partial charge in [-0.15, -0.1) is 0 Å². The normalized spacial score (nSPS) is 16.7. The van der Waals surface area contributed by atoms with E-state index >= 15 is 0 Å². The molecule has 3 heterocycles. The average Bonchev–Trinajstić information content (AvgIpc) is 3.15. The first kappa shape index (κ1) is 16.9. The molecule has 7 nitrogen and oxygen atoms in total. The Morgan fingerprint density at radius 3 is 2.73 bits per heavy atom. The van der Waals surface area contributed by atoms with Crippen molar-refractivity contribution in [2.45, 2.75) is 19.9 Å². The number of anilines is 2. The van der Waals surface area contributed by atoms with Crippen molar-refractivity contribution in [3.8, 4) is 11.5 Å². The zero-order valence-electron chi connectivity index (χ0n) is 15.1. The number of hydrogen-bond acceptors (Lipinski definition) is 7. The fourth-order valence-corrected chi connectivity index (χ4v) is 3.30. The van der Waals surface area contributed by atoms with E-state index in [9.17, 15) is 0 Å². The minimum Gasteiger partial charge on any atom is -0.454 e. The number of benzene rings is 1. The zero-order valence-corrected chi connectivity index (χ0v) is 15.1. The number of aromatic nitrogens is 2. The molecule has 1 fully saturated rings. The molecule has 1 aromatic carbocycles. The van der Waals surface area contributed by atoms with Gasteiger partial charge in [-0.25, -0.2) is 9.97 Å². The lowest BCUT2D eigenvalue weighted by molar-refractivity contribution is 0.174. The van der Waals surface area contributed by atoms with Gasteiger partial charge >= 0.3 is 0 Å². The summed E-state index contributed by atoms with van der Waals surface area (Å²) in [4.78, 5) is 13.5. The summed E-state index contributed by atoms with van der Waals surface area (Å²) in [5.41, 5.74) is 1.26. The van der Waals surface area contributed by atoms with Crippen molar-refractivity contribution in [3.63, 3.8) is 0 Å². The van der Waals surface area contributed by atoms with Crippen molar-refractivity contribution >= 4 is 11.6 Å². The molecule has 0 atom stereocenters. The van der Waals surface area contributed by atoms with Gasteiger partial charge in [0.05, 0.1) is 0 Å².